The molecule has 98 valence electrons. The first-order valence-electron chi connectivity index (χ1n) is 5.95. The Hall–Kier alpha value is -2.20. The van der Waals surface area contributed by atoms with Gasteiger partial charge >= 0.3 is 0 Å². The van der Waals surface area contributed by atoms with E-state index in [-0.39, 0.29) is 0 Å². The molecule has 1 atom stereocenters. The molecule has 1 unspecified atom stereocenters. The number of hydrogen-bond donors (Lipinski definition) is 1. The highest BCUT2D eigenvalue weighted by Gasteiger charge is 2.29. The quantitative estimate of drug-likeness (QED) is 0.899. The Labute approximate surface area is 111 Å². The van der Waals surface area contributed by atoms with Crippen molar-refractivity contribution >= 4 is 0 Å². The number of rotatable bonds is 2. The van der Waals surface area contributed by atoms with E-state index < -0.39 is 6.29 Å². The largest absolute Gasteiger partial charge is 0.496 e. The average molecular weight is 258 g/mol. The second-order valence-electron chi connectivity index (χ2n) is 4.23. The highest BCUT2D eigenvalue weighted by Crippen LogP contribution is 2.50. The minimum absolute atomic E-state index is 0.587. The summed E-state index contributed by atoms with van der Waals surface area (Å²) in [5.41, 5.74) is 2.30. The number of aliphatic hydroxyl groups is 1. The van der Waals surface area contributed by atoms with Gasteiger partial charge in [0.2, 0.25) is 6.29 Å². The van der Waals surface area contributed by atoms with Gasteiger partial charge in [-0.05, 0) is 18.2 Å². The molecule has 0 bridgehead atoms. The van der Waals surface area contributed by atoms with Crippen LogP contribution in [-0.2, 0) is 0 Å². The number of hydrogen-bond acceptors (Lipinski definition) is 4. The van der Waals surface area contributed by atoms with Crippen molar-refractivity contribution in [2.24, 2.45) is 0 Å². The second kappa shape index (κ2) is 4.48. The summed E-state index contributed by atoms with van der Waals surface area (Å²) in [4.78, 5) is 0. The van der Waals surface area contributed by atoms with Gasteiger partial charge in [0.25, 0.3) is 0 Å². The molecule has 1 aliphatic heterocycles. The van der Waals surface area contributed by atoms with Crippen LogP contribution >= 0.6 is 0 Å². The highest BCUT2D eigenvalue weighted by molar-refractivity contribution is 5.85. The van der Waals surface area contributed by atoms with Gasteiger partial charge in [-0.3, -0.25) is 0 Å². The van der Waals surface area contributed by atoms with E-state index in [0.29, 0.717) is 22.8 Å². The summed E-state index contributed by atoms with van der Waals surface area (Å²) in [5.74, 6) is 1.96. The number of benzene rings is 2. The van der Waals surface area contributed by atoms with Crippen LogP contribution in [0, 0.1) is 0 Å². The molecular weight excluding hydrogens is 244 g/mol. The minimum atomic E-state index is -0.996. The van der Waals surface area contributed by atoms with Crippen molar-refractivity contribution in [1.82, 2.24) is 0 Å². The van der Waals surface area contributed by atoms with Gasteiger partial charge in [-0.15, -0.1) is 0 Å². The number of aliphatic hydroxyl groups excluding tert-OH is 1. The molecule has 1 aliphatic rings. The zero-order chi connectivity index (χ0) is 13.4. The van der Waals surface area contributed by atoms with E-state index >= 15 is 0 Å². The molecular formula is C15H14O4. The lowest BCUT2D eigenvalue weighted by molar-refractivity contribution is -0.0216. The molecule has 0 aromatic heterocycles. The molecule has 3 rings (SSSR count). The second-order valence-corrected chi connectivity index (χ2v) is 4.23. The van der Waals surface area contributed by atoms with Gasteiger partial charge in [0.1, 0.15) is 17.2 Å². The van der Waals surface area contributed by atoms with Crippen LogP contribution in [0.4, 0.5) is 0 Å². The molecule has 0 saturated carbocycles. The van der Waals surface area contributed by atoms with Gasteiger partial charge < -0.3 is 19.3 Å². The Morgan fingerprint density at radius 2 is 1.58 bits per heavy atom. The predicted molar refractivity (Wildman–Crippen MR) is 70.6 cm³/mol. The monoisotopic (exact) mass is 258 g/mol. The van der Waals surface area contributed by atoms with Gasteiger partial charge in [0.15, 0.2) is 0 Å². The van der Waals surface area contributed by atoms with Crippen LogP contribution in [0.15, 0.2) is 36.4 Å². The SMILES string of the molecule is COc1cccc2c1-c1c(OC)cccc1C(O)O2. The molecule has 4 heteroatoms. The maximum Gasteiger partial charge on any atom is 0.225 e. The molecule has 1 heterocycles. The normalized spacial score (nSPS) is 16.1. The average Bonchev–Trinajstić information content (AvgIpc) is 2.46. The molecule has 2 aromatic carbocycles. The molecule has 1 N–H and O–H groups in total. The molecule has 0 amide bonds. The molecule has 2 aromatic rings. The molecule has 4 nitrogen and oxygen atoms in total. The Bertz CT molecular complexity index is 622. The Balaban J connectivity index is 2.35. The van der Waals surface area contributed by atoms with Crippen molar-refractivity contribution in [1.29, 1.82) is 0 Å². The third-order valence-electron chi connectivity index (χ3n) is 3.24. The van der Waals surface area contributed by atoms with Crippen molar-refractivity contribution in [3.05, 3.63) is 42.0 Å². The molecule has 0 aliphatic carbocycles. The first kappa shape index (κ1) is 11.9. The van der Waals surface area contributed by atoms with Crippen LogP contribution in [0.3, 0.4) is 0 Å². The fourth-order valence-electron chi connectivity index (χ4n) is 2.40. The van der Waals surface area contributed by atoms with Crippen LogP contribution < -0.4 is 14.2 Å². The van der Waals surface area contributed by atoms with E-state index in [0.717, 1.165) is 11.1 Å². The van der Waals surface area contributed by atoms with Gasteiger partial charge in [0, 0.05) is 11.1 Å². The topological polar surface area (TPSA) is 47.9 Å². The number of methoxy groups -OCH3 is 2. The summed E-state index contributed by atoms with van der Waals surface area (Å²) in [6.07, 6.45) is -0.996. The molecule has 0 spiro atoms. The summed E-state index contributed by atoms with van der Waals surface area (Å²) >= 11 is 0. The fraction of sp³-hybridized carbons (Fsp3) is 0.200. The highest BCUT2D eigenvalue weighted by atomic mass is 16.6. The van der Waals surface area contributed by atoms with Crippen molar-refractivity contribution in [2.45, 2.75) is 6.29 Å². The molecule has 19 heavy (non-hydrogen) atoms. The Kier molecular flexibility index (Phi) is 2.80. The molecule has 0 radical (unpaired) electrons. The maximum absolute atomic E-state index is 10.1. The van der Waals surface area contributed by atoms with Gasteiger partial charge in [-0.25, -0.2) is 0 Å². The zero-order valence-electron chi connectivity index (χ0n) is 10.7. The van der Waals surface area contributed by atoms with Crippen molar-refractivity contribution in [3.8, 4) is 28.4 Å². The maximum atomic E-state index is 10.1. The van der Waals surface area contributed by atoms with E-state index in [1.165, 1.54) is 0 Å². The fourth-order valence-corrected chi connectivity index (χ4v) is 2.40. The number of fused-ring (bicyclic) bond motifs is 3. The molecule has 0 saturated heterocycles. The summed E-state index contributed by atoms with van der Waals surface area (Å²) in [6.45, 7) is 0. The zero-order valence-corrected chi connectivity index (χ0v) is 10.7. The van der Waals surface area contributed by atoms with Crippen LogP contribution in [0.5, 0.6) is 17.2 Å². The van der Waals surface area contributed by atoms with Crippen LogP contribution in [0.25, 0.3) is 11.1 Å². The minimum Gasteiger partial charge on any atom is -0.496 e. The van der Waals surface area contributed by atoms with Crippen LogP contribution in [-0.4, -0.2) is 19.3 Å². The first-order chi connectivity index (χ1) is 9.26. The van der Waals surface area contributed by atoms with Gasteiger partial charge in [0.05, 0.1) is 19.8 Å². The summed E-state index contributed by atoms with van der Waals surface area (Å²) < 4.78 is 16.3. The Morgan fingerprint density at radius 3 is 2.26 bits per heavy atom. The number of ether oxygens (including phenoxy) is 3. The van der Waals surface area contributed by atoms with E-state index in [1.807, 2.05) is 30.3 Å². The standard InChI is InChI=1S/C15H14O4/c1-17-10-6-3-5-9-13(10)14-11(18-2)7-4-8-12(14)19-15(9)16/h3-8,15-16H,1-2H3. The third kappa shape index (κ3) is 1.72. The first-order valence-corrected chi connectivity index (χ1v) is 5.95. The van der Waals surface area contributed by atoms with Gasteiger partial charge in [-0.1, -0.05) is 18.2 Å². The summed E-state index contributed by atoms with van der Waals surface area (Å²) in [7, 11) is 3.21. The van der Waals surface area contributed by atoms with Crippen molar-refractivity contribution < 1.29 is 19.3 Å². The van der Waals surface area contributed by atoms with Crippen LogP contribution in [0.2, 0.25) is 0 Å². The predicted octanol–water partition coefficient (Wildman–Crippen LogP) is 2.75. The van der Waals surface area contributed by atoms with Crippen LogP contribution in [0.1, 0.15) is 11.9 Å². The summed E-state index contributed by atoms with van der Waals surface area (Å²) in [6, 6.07) is 11.0. The van der Waals surface area contributed by atoms with E-state index in [1.54, 1.807) is 20.3 Å². The van der Waals surface area contributed by atoms with E-state index in [4.69, 9.17) is 14.2 Å². The van der Waals surface area contributed by atoms with E-state index in [2.05, 4.69) is 0 Å². The van der Waals surface area contributed by atoms with Gasteiger partial charge in [-0.2, -0.15) is 0 Å². The Morgan fingerprint density at radius 1 is 0.947 bits per heavy atom. The smallest absolute Gasteiger partial charge is 0.225 e. The lowest BCUT2D eigenvalue weighted by Gasteiger charge is -2.27. The van der Waals surface area contributed by atoms with Crippen molar-refractivity contribution in [3.63, 3.8) is 0 Å². The van der Waals surface area contributed by atoms with Crippen molar-refractivity contribution in [2.75, 3.05) is 14.2 Å². The lowest BCUT2D eigenvalue weighted by atomic mass is 9.94. The van der Waals surface area contributed by atoms with E-state index in [9.17, 15) is 5.11 Å². The third-order valence-corrected chi connectivity index (χ3v) is 3.24. The lowest BCUT2D eigenvalue weighted by Crippen LogP contribution is -2.14. The molecule has 0 fully saturated rings. The summed E-state index contributed by atoms with van der Waals surface area (Å²) in [5, 5.41) is 10.1.